The van der Waals surface area contributed by atoms with Gasteiger partial charge in [-0.05, 0) is 111 Å². The quantitative estimate of drug-likeness (QED) is 0.0874. The van der Waals surface area contributed by atoms with E-state index in [9.17, 15) is 0 Å². The predicted molar refractivity (Wildman–Crippen MR) is 304 cm³/mol. The third kappa shape index (κ3) is 13.4. The van der Waals surface area contributed by atoms with Crippen LogP contribution in [0.2, 0.25) is 0 Å². The molecule has 0 saturated heterocycles. The molecule has 7 aromatic rings. The second-order valence-electron chi connectivity index (χ2n) is 18.8. The van der Waals surface area contributed by atoms with Crippen molar-refractivity contribution in [3.05, 3.63) is 288 Å². The summed E-state index contributed by atoms with van der Waals surface area (Å²) in [4.78, 5) is 2.52. The molecular formula is C68H77N. The maximum absolute atomic E-state index is 4.20. The van der Waals surface area contributed by atoms with Gasteiger partial charge in [-0.25, -0.2) is 0 Å². The molecule has 1 unspecified atom stereocenters. The van der Waals surface area contributed by atoms with E-state index in [2.05, 4.69) is 261 Å². The minimum Gasteiger partial charge on any atom is -0.330 e. The molecule has 0 heterocycles. The number of benzene rings is 7. The number of hydrogen-bond donors (Lipinski definition) is 0. The standard InChI is InChI=1S/C60H65N.C6H6.C2H6/c1-10-13-14-15-27-42-60(51-33-23-18-24-34-51,52-38-40-54(47(12-3)44-52)49-29-19-16-20-30-49)61(43-41-48(28-11-2)55-35-25-26-36-56(55)58(5,6)7)53-39-37-46(4)57(45-53)59(8,9)50-31-21-17-22-32-50;1-2-4-6-5-3-1;1-2/h11,14-45H,2,10,12-13H2,1,3-9H3;1-6H;1-2H3/b15-14-,42-27?,43-41-,48-28+;;. The lowest BCUT2D eigenvalue weighted by molar-refractivity contribution is 0.588. The first-order valence-corrected chi connectivity index (χ1v) is 25.1. The van der Waals surface area contributed by atoms with Crippen molar-refractivity contribution in [2.45, 2.75) is 105 Å². The van der Waals surface area contributed by atoms with Gasteiger partial charge in [0.1, 0.15) is 5.54 Å². The van der Waals surface area contributed by atoms with Gasteiger partial charge in [-0.3, -0.25) is 0 Å². The van der Waals surface area contributed by atoms with Crippen LogP contribution in [0.5, 0.6) is 0 Å². The molecule has 0 saturated carbocycles. The molecule has 354 valence electrons. The van der Waals surface area contributed by atoms with Gasteiger partial charge >= 0.3 is 0 Å². The average Bonchev–Trinajstić information content (AvgIpc) is 3.39. The Kier molecular flexibility index (Phi) is 20.0. The van der Waals surface area contributed by atoms with Crippen LogP contribution in [0, 0.1) is 6.92 Å². The molecule has 0 aromatic heterocycles. The first kappa shape index (κ1) is 53.0. The first-order valence-electron chi connectivity index (χ1n) is 25.1. The third-order valence-electron chi connectivity index (χ3n) is 12.7. The summed E-state index contributed by atoms with van der Waals surface area (Å²) in [5.41, 5.74) is 13.6. The van der Waals surface area contributed by atoms with Gasteiger partial charge in [0.05, 0.1) is 0 Å². The highest BCUT2D eigenvalue weighted by molar-refractivity contribution is 5.79. The molecule has 0 aliphatic carbocycles. The van der Waals surface area contributed by atoms with Crippen molar-refractivity contribution in [3.8, 4) is 11.1 Å². The third-order valence-corrected chi connectivity index (χ3v) is 12.7. The number of rotatable bonds is 16. The highest BCUT2D eigenvalue weighted by Crippen LogP contribution is 2.45. The van der Waals surface area contributed by atoms with Gasteiger partial charge in [0.2, 0.25) is 0 Å². The summed E-state index contributed by atoms with van der Waals surface area (Å²) in [6, 6.07) is 67.7. The largest absolute Gasteiger partial charge is 0.330 e. The molecule has 0 aliphatic rings. The topological polar surface area (TPSA) is 3.24 Å². The maximum atomic E-state index is 4.20. The van der Waals surface area contributed by atoms with Gasteiger partial charge in [0, 0.05) is 17.3 Å². The lowest BCUT2D eigenvalue weighted by atomic mass is 9.75. The fraction of sp³-hybridized carbons (Fsp3) is 0.235. The summed E-state index contributed by atoms with van der Waals surface area (Å²) in [6.45, 7) is 26.5. The number of nitrogens with zero attached hydrogens (tertiary/aromatic N) is 1. The summed E-state index contributed by atoms with van der Waals surface area (Å²) < 4.78 is 0. The zero-order chi connectivity index (χ0) is 49.7. The minimum absolute atomic E-state index is 0.0579. The van der Waals surface area contributed by atoms with E-state index in [0.29, 0.717) is 0 Å². The van der Waals surface area contributed by atoms with E-state index in [4.69, 9.17) is 0 Å². The summed E-state index contributed by atoms with van der Waals surface area (Å²) in [6.07, 6.45) is 20.9. The van der Waals surface area contributed by atoms with Crippen LogP contribution in [-0.4, -0.2) is 0 Å². The molecule has 69 heavy (non-hydrogen) atoms. The summed E-state index contributed by atoms with van der Waals surface area (Å²) in [7, 11) is 0. The fourth-order valence-electron chi connectivity index (χ4n) is 9.11. The Balaban J connectivity index is 0.00000102. The Hall–Kier alpha value is -6.96. The maximum Gasteiger partial charge on any atom is 0.114 e. The molecule has 0 spiro atoms. The van der Waals surface area contributed by atoms with E-state index < -0.39 is 5.54 Å². The number of hydrogen-bond acceptors (Lipinski definition) is 1. The van der Waals surface area contributed by atoms with Gasteiger partial charge in [0.15, 0.2) is 0 Å². The van der Waals surface area contributed by atoms with Gasteiger partial charge in [-0.2, -0.15) is 0 Å². The van der Waals surface area contributed by atoms with E-state index in [1.54, 1.807) is 0 Å². The first-order chi connectivity index (χ1) is 33.4. The number of anilines is 1. The van der Waals surface area contributed by atoms with Gasteiger partial charge in [-0.15, -0.1) is 0 Å². The van der Waals surface area contributed by atoms with Crippen molar-refractivity contribution in [1.29, 1.82) is 0 Å². The monoisotopic (exact) mass is 908 g/mol. The van der Waals surface area contributed by atoms with Crippen molar-refractivity contribution >= 4 is 11.3 Å². The van der Waals surface area contributed by atoms with E-state index >= 15 is 0 Å². The Bertz CT molecular complexity index is 2720. The van der Waals surface area contributed by atoms with Crippen LogP contribution in [-0.2, 0) is 22.8 Å². The molecule has 7 aromatic carbocycles. The lowest BCUT2D eigenvalue weighted by Crippen LogP contribution is -2.43. The van der Waals surface area contributed by atoms with E-state index in [1.807, 2.05) is 56.3 Å². The zero-order valence-corrected chi connectivity index (χ0v) is 43.3. The molecule has 1 atom stereocenters. The summed E-state index contributed by atoms with van der Waals surface area (Å²) in [5, 5.41) is 0. The fourth-order valence-corrected chi connectivity index (χ4v) is 9.11. The number of aryl methyl sites for hydroxylation is 2. The Morgan fingerprint density at radius 2 is 1.14 bits per heavy atom. The van der Waals surface area contributed by atoms with Crippen LogP contribution in [0.15, 0.2) is 243 Å². The van der Waals surface area contributed by atoms with Gasteiger partial charge in [-0.1, -0.05) is 282 Å². The SMILES string of the molecule is C=C/C=C(\C=C/N(c1ccc(C)c(C(C)(C)c2ccccc2)c1)C(C=C/C=C\CCC)(c1ccccc1)c1ccc(-c2ccccc2)c(CC)c1)c1ccccc1C(C)(C)C.CC.c1ccccc1. The van der Waals surface area contributed by atoms with Gasteiger partial charge in [0.25, 0.3) is 0 Å². The predicted octanol–water partition coefficient (Wildman–Crippen LogP) is 19.0. The van der Waals surface area contributed by atoms with E-state index in [1.165, 1.54) is 55.6 Å². The second kappa shape index (κ2) is 26.0. The van der Waals surface area contributed by atoms with Crippen LogP contribution in [0.4, 0.5) is 5.69 Å². The highest BCUT2D eigenvalue weighted by atomic mass is 15.2. The smallest absolute Gasteiger partial charge is 0.114 e. The molecule has 0 aliphatic heterocycles. The van der Waals surface area contributed by atoms with Crippen LogP contribution in [0.25, 0.3) is 16.7 Å². The van der Waals surface area contributed by atoms with Crippen molar-refractivity contribution in [3.63, 3.8) is 0 Å². The number of allylic oxidation sites excluding steroid dienone is 7. The molecule has 0 bridgehead atoms. The normalized spacial score (nSPS) is 12.8. The molecule has 1 nitrogen and oxygen atoms in total. The molecule has 0 radical (unpaired) electrons. The van der Waals surface area contributed by atoms with Crippen LogP contribution in [0.3, 0.4) is 0 Å². The zero-order valence-electron chi connectivity index (χ0n) is 43.3. The van der Waals surface area contributed by atoms with Crippen molar-refractivity contribution in [2.24, 2.45) is 0 Å². The molecular weight excluding hydrogens is 831 g/mol. The van der Waals surface area contributed by atoms with Crippen LogP contribution in [0.1, 0.15) is 120 Å². The second-order valence-corrected chi connectivity index (χ2v) is 18.8. The minimum atomic E-state index is -0.778. The Morgan fingerprint density at radius 3 is 1.72 bits per heavy atom. The Labute approximate surface area is 418 Å². The Morgan fingerprint density at radius 1 is 0.580 bits per heavy atom. The summed E-state index contributed by atoms with van der Waals surface area (Å²) in [5.74, 6) is 0. The van der Waals surface area contributed by atoms with E-state index in [-0.39, 0.29) is 10.8 Å². The van der Waals surface area contributed by atoms with Crippen LogP contribution < -0.4 is 4.90 Å². The number of unbranched alkanes of at least 4 members (excludes halogenated alkanes) is 1. The van der Waals surface area contributed by atoms with Crippen molar-refractivity contribution < 1.29 is 0 Å². The molecule has 0 amide bonds. The van der Waals surface area contributed by atoms with Crippen molar-refractivity contribution in [1.82, 2.24) is 0 Å². The van der Waals surface area contributed by atoms with Gasteiger partial charge < -0.3 is 4.90 Å². The van der Waals surface area contributed by atoms with Crippen LogP contribution >= 0.6 is 0 Å². The average molecular weight is 908 g/mol. The molecule has 0 fully saturated rings. The molecule has 1 heteroatoms. The molecule has 7 rings (SSSR count). The molecule has 0 N–H and O–H groups in total. The van der Waals surface area contributed by atoms with E-state index in [0.717, 1.165) is 30.5 Å². The highest BCUT2D eigenvalue weighted by Gasteiger charge is 2.39. The lowest BCUT2D eigenvalue weighted by Gasteiger charge is -2.44. The summed E-state index contributed by atoms with van der Waals surface area (Å²) >= 11 is 0. The van der Waals surface area contributed by atoms with Crippen molar-refractivity contribution in [2.75, 3.05) is 4.90 Å².